The van der Waals surface area contributed by atoms with E-state index in [0.29, 0.717) is 10.7 Å². The van der Waals surface area contributed by atoms with Gasteiger partial charge in [0, 0.05) is 43.6 Å². The van der Waals surface area contributed by atoms with Crippen LogP contribution in [0.15, 0.2) is 59.9 Å². The van der Waals surface area contributed by atoms with E-state index >= 15 is 0 Å². The van der Waals surface area contributed by atoms with E-state index in [-0.39, 0.29) is 16.7 Å². The molecule has 0 radical (unpaired) electrons. The number of anilines is 3. The van der Waals surface area contributed by atoms with Crippen LogP contribution in [-0.4, -0.2) is 54.9 Å². The van der Waals surface area contributed by atoms with Gasteiger partial charge < -0.3 is 19.9 Å². The summed E-state index contributed by atoms with van der Waals surface area (Å²) < 4.78 is 18.5. The van der Waals surface area contributed by atoms with Gasteiger partial charge in [0.15, 0.2) is 0 Å². The lowest BCUT2D eigenvalue weighted by atomic mass is 10.2. The number of carbonyl (C=O) groups is 1. The Morgan fingerprint density at radius 2 is 1.82 bits per heavy atom. The molecule has 1 N–H and O–H groups in total. The van der Waals surface area contributed by atoms with Gasteiger partial charge in [-0.2, -0.15) is 0 Å². The highest BCUT2D eigenvalue weighted by Crippen LogP contribution is 2.24. The third kappa shape index (κ3) is 6.06. The summed E-state index contributed by atoms with van der Waals surface area (Å²) in [5.41, 5.74) is 1.62. The number of halogens is 2. The Morgan fingerprint density at radius 3 is 2.52 bits per heavy atom. The van der Waals surface area contributed by atoms with E-state index in [1.165, 1.54) is 42.0 Å². The zero-order valence-electron chi connectivity index (χ0n) is 18.0. The Balaban J connectivity index is 1.29. The SMILES string of the molecule is COc1ccc(N2CCN(c3cc(SCC(=O)Nc4ccc(F)c(Cl)c4)ncn3)CC2)cc1. The molecule has 172 valence electrons. The molecular formula is C23H23ClFN5O2S. The minimum Gasteiger partial charge on any atom is -0.497 e. The molecule has 0 saturated carbocycles. The van der Waals surface area contributed by atoms with Crippen LogP contribution < -0.4 is 19.9 Å². The molecular weight excluding hydrogens is 465 g/mol. The smallest absolute Gasteiger partial charge is 0.234 e. The minimum atomic E-state index is -0.526. The molecule has 0 spiro atoms. The quantitative estimate of drug-likeness (QED) is 0.392. The first kappa shape index (κ1) is 23.1. The fourth-order valence-corrected chi connectivity index (χ4v) is 4.32. The summed E-state index contributed by atoms with van der Waals surface area (Å²) in [6.45, 7) is 3.42. The van der Waals surface area contributed by atoms with Crippen molar-refractivity contribution in [3.8, 4) is 5.75 Å². The molecule has 7 nitrogen and oxygen atoms in total. The molecule has 1 fully saturated rings. The lowest BCUT2D eigenvalue weighted by Crippen LogP contribution is -2.46. The van der Waals surface area contributed by atoms with E-state index in [1.54, 1.807) is 7.11 Å². The fraction of sp³-hybridized carbons (Fsp3) is 0.261. The third-order valence-corrected chi connectivity index (χ3v) is 6.44. The summed E-state index contributed by atoms with van der Waals surface area (Å²) in [5.74, 6) is 1.10. The molecule has 0 atom stereocenters. The van der Waals surface area contributed by atoms with Gasteiger partial charge in [-0.25, -0.2) is 14.4 Å². The number of methoxy groups -OCH3 is 1. The van der Waals surface area contributed by atoms with Crippen LogP contribution in [0.5, 0.6) is 5.75 Å². The van der Waals surface area contributed by atoms with Gasteiger partial charge in [-0.1, -0.05) is 23.4 Å². The van der Waals surface area contributed by atoms with Crippen molar-refractivity contribution < 1.29 is 13.9 Å². The lowest BCUT2D eigenvalue weighted by Gasteiger charge is -2.36. The average molecular weight is 488 g/mol. The number of benzene rings is 2. The third-order valence-electron chi connectivity index (χ3n) is 5.22. The molecule has 2 heterocycles. The molecule has 1 aliphatic rings. The number of rotatable bonds is 7. The van der Waals surface area contributed by atoms with Gasteiger partial charge in [0.25, 0.3) is 0 Å². The minimum absolute atomic E-state index is 0.0343. The van der Waals surface area contributed by atoms with Gasteiger partial charge in [-0.05, 0) is 42.5 Å². The van der Waals surface area contributed by atoms with Crippen LogP contribution in [0.1, 0.15) is 0 Å². The van der Waals surface area contributed by atoms with E-state index in [9.17, 15) is 9.18 Å². The molecule has 1 amide bonds. The normalized spacial score (nSPS) is 13.7. The highest BCUT2D eigenvalue weighted by molar-refractivity contribution is 7.99. The van der Waals surface area contributed by atoms with E-state index in [1.807, 2.05) is 18.2 Å². The second kappa shape index (κ2) is 10.7. The molecule has 0 bridgehead atoms. The molecule has 33 heavy (non-hydrogen) atoms. The van der Waals surface area contributed by atoms with Crippen molar-refractivity contribution in [2.75, 3.05) is 54.2 Å². The maximum Gasteiger partial charge on any atom is 0.234 e. The van der Waals surface area contributed by atoms with Crippen molar-refractivity contribution in [2.45, 2.75) is 5.03 Å². The molecule has 3 aromatic rings. The van der Waals surface area contributed by atoms with Crippen LogP contribution >= 0.6 is 23.4 Å². The Bertz CT molecular complexity index is 1110. The van der Waals surface area contributed by atoms with Crippen molar-refractivity contribution in [3.05, 3.63) is 65.7 Å². The first-order valence-electron chi connectivity index (χ1n) is 10.4. The van der Waals surface area contributed by atoms with Crippen LogP contribution in [0, 0.1) is 5.82 Å². The summed E-state index contributed by atoms with van der Waals surface area (Å²) >= 11 is 7.07. The molecule has 10 heteroatoms. The van der Waals surface area contributed by atoms with Crippen LogP contribution in [0.3, 0.4) is 0 Å². The average Bonchev–Trinajstić information content (AvgIpc) is 2.85. The number of nitrogens with zero attached hydrogens (tertiary/aromatic N) is 4. The van der Waals surface area contributed by atoms with Crippen LogP contribution in [-0.2, 0) is 4.79 Å². The summed E-state index contributed by atoms with van der Waals surface area (Å²) in [6.07, 6.45) is 1.52. The fourth-order valence-electron chi connectivity index (χ4n) is 3.48. The van der Waals surface area contributed by atoms with Gasteiger partial charge in [0.2, 0.25) is 5.91 Å². The zero-order valence-corrected chi connectivity index (χ0v) is 19.6. The van der Waals surface area contributed by atoms with Gasteiger partial charge in [-0.15, -0.1) is 0 Å². The van der Waals surface area contributed by atoms with Gasteiger partial charge in [0.05, 0.1) is 17.9 Å². The molecule has 2 aromatic carbocycles. The van der Waals surface area contributed by atoms with Crippen LogP contribution in [0.25, 0.3) is 0 Å². The first-order chi connectivity index (χ1) is 16.0. The molecule has 4 rings (SSSR count). The predicted octanol–water partition coefficient (Wildman–Crippen LogP) is 4.34. The molecule has 1 aromatic heterocycles. The number of hydrogen-bond acceptors (Lipinski definition) is 7. The predicted molar refractivity (Wildman–Crippen MR) is 130 cm³/mol. The van der Waals surface area contributed by atoms with Crippen LogP contribution in [0.2, 0.25) is 5.02 Å². The van der Waals surface area contributed by atoms with Crippen LogP contribution in [0.4, 0.5) is 21.6 Å². The monoisotopic (exact) mass is 487 g/mol. The molecule has 0 unspecified atom stereocenters. The highest BCUT2D eigenvalue weighted by Gasteiger charge is 2.19. The van der Waals surface area contributed by atoms with Crippen molar-refractivity contribution in [2.24, 2.45) is 0 Å². The van der Waals surface area contributed by atoms with E-state index in [0.717, 1.165) is 37.7 Å². The summed E-state index contributed by atoms with van der Waals surface area (Å²) in [6, 6.07) is 14.0. The largest absolute Gasteiger partial charge is 0.497 e. The number of carbonyl (C=O) groups excluding carboxylic acids is 1. The van der Waals surface area contributed by atoms with Crippen molar-refractivity contribution in [1.29, 1.82) is 0 Å². The highest BCUT2D eigenvalue weighted by atomic mass is 35.5. The Morgan fingerprint density at radius 1 is 1.09 bits per heavy atom. The number of nitrogens with one attached hydrogen (secondary N) is 1. The summed E-state index contributed by atoms with van der Waals surface area (Å²) in [7, 11) is 1.66. The maximum atomic E-state index is 13.3. The molecule has 1 saturated heterocycles. The number of thioether (sulfide) groups is 1. The van der Waals surface area contributed by atoms with Gasteiger partial charge >= 0.3 is 0 Å². The molecule has 1 aliphatic heterocycles. The lowest BCUT2D eigenvalue weighted by molar-refractivity contribution is -0.113. The second-order valence-corrected chi connectivity index (χ2v) is 8.76. The topological polar surface area (TPSA) is 70.6 Å². The van der Waals surface area contributed by atoms with Crippen molar-refractivity contribution >= 4 is 46.5 Å². The van der Waals surface area contributed by atoms with Crippen molar-refractivity contribution in [3.63, 3.8) is 0 Å². The van der Waals surface area contributed by atoms with E-state index in [4.69, 9.17) is 16.3 Å². The number of aromatic nitrogens is 2. The first-order valence-corrected chi connectivity index (χ1v) is 11.7. The van der Waals surface area contributed by atoms with E-state index in [2.05, 4.69) is 37.2 Å². The number of piperazine rings is 1. The molecule has 0 aliphatic carbocycles. The Labute approximate surface area is 200 Å². The van der Waals surface area contributed by atoms with E-state index < -0.39 is 5.82 Å². The number of ether oxygens (including phenoxy) is 1. The standard InChI is InChI=1S/C23H23ClFN5O2S/c1-32-18-5-3-17(4-6-18)29-8-10-30(11-9-29)21-13-23(27-15-26-21)33-14-22(31)28-16-2-7-20(25)19(24)12-16/h2-7,12-13,15H,8-11,14H2,1H3,(H,28,31). The zero-order chi connectivity index (χ0) is 23.2. The second-order valence-electron chi connectivity index (χ2n) is 7.35. The Kier molecular flexibility index (Phi) is 7.51. The number of amides is 1. The summed E-state index contributed by atoms with van der Waals surface area (Å²) in [4.78, 5) is 25.5. The summed E-state index contributed by atoms with van der Waals surface area (Å²) in [5, 5.41) is 3.39. The van der Waals surface area contributed by atoms with Gasteiger partial charge in [0.1, 0.15) is 28.7 Å². The van der Waals surface area contributed by atoms with Crippen molar-refractivity contribution in [1.82, 2.24) is 9.97 Å². The maximum absolute atomic E-state index is 13.3. The van der Waals surface area contributed by atoms with Gasteiger partial charge in [-0.3, -0.25) is 4.79 Å². The Hall–Kier alpha value is -3.04. The number of hydrogen-bond donors (Lipinski definition) is 1.